The molecule has 1 aromatic heterocycles. The highest BCUT2D eigenvalue weighted by Gasteiger charge is 2.37. The minimum Gasteiger partial charge on any atom is -0.497 e. The zero-order chi connectivity index (χ0) is 19.7. The number of carbonyl (C=O) groups excluding carboxylic acids is 1. The van der Waals surface area contributed by atoms with E-state index < -0.39 is 0 Å². The average Bonchev–Trinajstić information content (AvgIpc) is 2.92. The van der Waals surface area contributed by atoms with E-state index in [2.05, 4.69) is 20.8 Å². The summed E-state index contributed by atoms with van der Waals surface area (Å²) in [7, 11) is 1.59. The lowest BCUT2D eigenvalue weighted by Crippen LogP contribution is -2.40. The summed E-state index contributed by atoms with van der Waals surface area (Å²) >= 11 is 0. The minimum absolute atomic E-state index is 0.0730. The highest BCUT2D eigenvalue weighted by Crippen LogP contribution is 2.39. The molecule has 0 spiro atoms. The Morgan fingerprint density at radius 2 is 2.04 bits per heavy atom. The summed E-state index contributed by atoms with van der Waals surface area (Å²) in [6.45, 7) is 7.25. The van der Waals surface area contributed by atoms with Gasteiger partial charge in [-0.2, -0.15) is 0 Å². The normalized spacial score (nSPS) is 23.1. The Bertz CT molecular complexity index is 881. The van der Waals surface area contributed by atoms with Gasteiger partial charge in [0.2, 0.25) is 5.91 Å². The van der Waals surface area contributed by atoms with Gasteiger partial charge in [-0.3, -0.25) is 9.36 Å². The minimum atomic E-state index is -0.297. The molecule has 2 N–H and O–H groups in total. The molecule has 1 aliphatic carbocycles. The summed E-state index contributed by atoms with van der Waals surface area (Å²) in [4.78, 5) is 26.7. The number of hydrogen-bond acceptors (Lipinski definition) is 4. The van der Waals surface area contributed by atoms with Crippen LogP contribution in [0.3, 0.4) is 0 Å². The molecule has 6 nitrogen and oxygen atoms in total. The van der Waals surface area contributed by atoms with Gasteiger partial charge in [-0.25, -0.2) is 9.36 Å². The summed E-state index contributed by atoms with van der Waals surface area (Å²) in [5.41, 5.74) is 6.75. The molecular weight excluding hydrogens is 342 g/mol. The molecule has 2 unspecified atom stereocenters. The van der Waals surface area contributed by atoms with Crippen LogP contribution < -0.4 is 16.2 Å². The fourth-order valence-corrected chi connectivity index (χ4v) is 4.57. The Balaban J connectivity index is 2.13. The first-order valence-electron chi connectivity index (χ1n) is 9.92. The number of carbonyl (C=O) groups is 1. The summed E-state index contributed by atoms with van der Waals surface area (Å²) in [5, 5.41) is 0. The highest BCUT2D eigenvalue weighted by molar-refractivity contribution is 5.92. The number of imidazole rings is 1. The molecule has 0 radical (unpaired) electrons. The Morgan fingerprint density at radius 3 is 2.67 bits per heavy atom. The lowest BCUT2D eigenvalue weighted by molar-refractivity contribution is 0.0633. The number of fused-ring (bicyclic) bond motifs is 1. The molecule has 2 aromatic rings. The lowest BCUT2D eigenvalue weighted by Gasteiger charge is -2.36. The number of ether oxygens (including phenoxy) is 1. The van der Waals surface area contributed by atoms with Crippen LogP contribution in [0.25, 0.3) is 11.0 Å². The van der Waals surface area contributed by atoms with Gasteiger partial charge in [0.25, 0.3) is 0 Å². The Hall–Kier alpha value is -2.08. The quantitative estimate of drug-likeness (QED) is 0.873. The molecule has 0 bridgehead atoms. The smallest absolute Gasteiger partial charge is 0.336 e. The van der Waals surface area contributed by atoms with Gasteiger partial charge in [0, 0.05) is 25.1 Å². The first-order chi connectivity index (χ1) is 12.9. The second-order valence-electron chi connectivity index (χ2n) is 8.18. The number of aromatic nitrogens is 2. The molecule has 1 heterocycles. The van der Waals surface area contributed by atoms with Crippen LogP contribution in [0.4, 0.5) is 0 Å². The molecule has 27 heavy (non-hydrogen) atoms. The third-order valence-electron chi connectivity index (χ3n) is 6.05. The van der Waals surface area contributed by atoms with Gasteiger partial charge in [0.05, 0.1) is 18.1 Å². The van der Waals surface area contributed by atoms with Crippen LogP contribution in [-0.2, 0) is 6.54 Å². The van der Waals surface area contributed by atoms with Crippen LogP contribution >= 0.6 is 0 Å². The van der Waals surface area contributed by atoms with E-state index >= 15 is 0 Å². The van der Waals surface area contributed by atoms with Gasteiger partial charge >= 0.3 is 5.69 Å². The van der Waals surface area contributed by atoms with E-state index in [1.165, 1.54) is 4.57 Å². The number of nitrogens with zero attached hydrogens (tertiary/aromatic N) is 2. The molecule has 1 aromatic carbocycles. The molecule has 0 amide bonds. The van der Waals surface area contributed by atoms with Crippen LogP contribution in [0.15, 0.2) is 23.0 Å². The number of rotatable bonds is 5. The molecular formula is C21H31N3O3. The third-order valence-corrected chi connectivity index (χ3v) is 6.05. The molecule has 3 atom stereocenters. The maximum Gasteiger partial charge on any atom is 0.336 e. The standard InChI is InChI=1S/C21H31N3O3/c1-13(2)16-7-5-14(3)11-17(16)20(25)24-18-8-6-15(27-4)12-19(18)23(10-9-22)21(24)26/h6,8,12-14,16-17H,5,7,9-11,22H2,1-4H3/t14?,16-,17?/m0/s1. The lowest BCUT2D eigenvalue weighted by atomic mass is 9.69. The SMILES string of the molecule is COc1ccc2c(c1)n(CCN)c(=O)n2C(=O)C1CC(C)CC[C@H]1C(C)C. The summed E-state index contributed by atoms with van der Waals surface area (Å²) in [6, 6.07) is 5.40. The van der Waals surface area contributed by atoms with Crippen molar-refractivity contribution in [3.8, 4) is 5.75 Å². The van der Waals surface area contributed by atoms with Crippen LogP contribution in [-0.4, -0.2) is 28.7 Å². The third kappa shape index (κ3) is 3.55. The van der Waals surface area contributed by atoms with Crippen molar-refractivity contribution in [1.82, 2.24) is 9.13 Å². The Morgan fingerprint density at radius 1 is 1.30 bits per heavy atom. The molecule has 0 aliphatic heterocycles. The topological polar surface area (TPSA) is 79.2 Å². The van der Waals surface area contributed by atoms with Gasteiger partial charge in [0.15, 0.2) is 0 Å². The summed E-state index contributed by atoms with van der Waals surface area (Å²) < 4.78 is 8.27. The number of benzene rings is 1. The molecule has 1 aliphatic rings. The highest BCUT2D eigenvalue weighted by atomic mass is 16.5. The maximum absolute atomic E-state index is 13.6. The molecule has 6 heteroatoms. The second kappa shape index (κ2) is 7.89. The predicted molar refractivity (Wildman–Crippen MR) is 107 cm³/mol. The largest absolute Gasteiger partial charge is 0.497 e. The molecule has 0 saturated heterocycles. The van der Waals surface area contributed by atoms with E-state index in [1.807, 2.05) is 0 Å². The van der Waals surface area contributed by atoms with Crippen molar-refractivity contribution in [2.24, 2.45) is 29.4 Å². The Labute approximate surface area is 160 Å². The van der Waals surface area contributed by atoms with Crippen molar-refractivity contribution in [2.45, 2.75) is 46.6 Å². The molecule has 1 fully saturated rings. The van der Waals surface area contributed by atoms with Crippen molar-refractivity contribution >= 4 is 16.9 Å². The van der Waals surface area contributed by atoms with E-state index in [-0.39, 0.29) is 17.5 Å². The van der Waals surface area contributed by atoms with Crippen molar-refractivity contribution in [1.29, 1.82) is 0 Å². The van der Waals surface area contributed by atoms with Crippen LogP contribution in [0, 0.1) is 23.7 Å². The van der Waals surface area contributed by atoms with Gasteiger partial charge in [-0.05, 0) is 42.7 Å². The first kappa shape index (κ1) is 19.7. The zero-order valence-electron chi connectivity index (χ0n) is 16.8. The van der Waals surface area contributed by atoms with Crippen molar-refractivity contribution in [3.05, 3.63) is 28.7 Å². The zero-order valence-corrected chi connectivity index (χ0v) is 16.8. The number of nitrogens with two attached hydrogens (primary N) is 1. The number of methoxy groups -OCH3 is 1. The van der Waals surface area contributed by atoms with E-state index in [1.54, 1.807) is 29.9 Å². The fourth-order valence-electron chi connectivity index (χ4n) is 4.57. The van der Waals surface area contributed by atoms with Crippen molar-refractivity contribution in [2.75, 3.05) is 13.7 Å². The molecule has 1 saturated carbocycles. The van der Waals surface area contributed by atoms with Gasteiger partial charge in [0.1, 0.15) is 5.75 Å². The van der Waals surface area contributed by atoms with Gasteiger partial charge in [-0.1, -0.05) is 27.2 Å². The predicted octanol–water partition coefficient (Wildman–Crippen LogP) is 3.12. The fraction of sp³-hybridized carbons (Fsp3) is 0.619. The van der Waals surface area contributed by atoms with Crippen LogP contribution in [0.1, 0.15) is 44.8 Å². The van der Waals surface area contributed by atoms with Gasteiger partial charge < -0.3 is 10.5 Å². The first-order valence-corrected chi connectivity index (χ1v) is 9.92. The van der Waals surface area contributed by atoms with Gasteiger partial charge in [-0.15, -0.1) is 0 Å². The van der Waals surface area contributed by atoms with E-state index in [9.17, 15) is 9.59 Å². The second-order valence-corrected chi connectivity index (χ2v) is 8.18. The molecule has 3 rings (SSSR count). The van der Waals surface area contributed by atoms with Crippen LogP contribution in [0.5, 0.6) is 5.75 Å². The monoisotopic (exact) mass is 373 g/mol. The van der Waals surface area contributed by atoms with Crippen molar-refractivity contribution < 1.29 is 9.53 Å². The van der Waals surface area contributed by atoms with E-state index in [0.717, 1.165) is 19.3 Å². The van der Waals surface area contributed by atoms with E-state index in [4.69, 9.17) is 10.5 Å². The summed E-state index contributed by atoms with van der Waals surface area (Å²) in [5.74, 6) is 1.69. The summed E-state index contributed by atoms with van der Waals surface area (Å²) in [6.07, 6.45) is 3.03. The Kier molecular flexibility index (Phi) is 5.75. The van der Waals surface area contributed by atoms with Crippen LogP contribution in [0.2, 0.25) is 0 Å². The maximum atomic E-state index is 13.6. The molecule has 148 valence electrons. The number of hydrogen-bond donors (Lipinski definition) is 1. The average molecular weight is 373 g/mol. The van der Waals surface area contributed by atoms with E-state index in [0.29, 0.717) is 47.6 Å². The van der Waals surface area contributed by atoms with Crippen molar-refractivity contribution in [3.63, 3.8) is 0 Å².